The number of aromatic nitrogens is 1. The predicted octanol–water partition coefficient (Wildman–Crippen LogP) is 9.07. The van der Waals surface area contributed by atoms with E-state index in [1.807, 2.05) is 12.1 Å². The van der Waals surface area contributed by atoms with Gasteiger partial charge in [0.15, 0.2) is 0 Å². The minimum absolute atomic E-state index is 0.887. The SMILES string of the molecule is C#Cc1ccc(-n2c3ccccc3c3cc(C#Cc4ccc(CCCCCCCC)cc4)ccc32)cc1. The number of hydrogen-bond acceptors (Lipinski definition) is 0. The molecule has 1 heteroatoms. The number of aryl methyl sites for hydroxylation is 1. The Morgan fingerprint density at radius 2 is 1.27 bits per heavy atom. The molecule has 0 N–H and O–H groups in total. The molecule has 0 atom stereocenters. The van der Waals surface area contributed by atoms with Crippen molar-refractivity contribution in [2.75, 3.05) is 0 Å². The molecule has 0 radical (unpaired) electrons. The Morgan fingerprint density at radius 1 is 0.622 bits per heavy atom. The number of hydrogen-bond donors (Lipinski definition) is 0. The second kappa shape index (κ2) is 11.7. The summed E-state index contributed by atoms with van der Waals surface area (Å²) in [4.78, 5) is 0. The van der Waals surface area contributed by atoms with Crippen LogP contribution >= 0.6 is 0 Å². The van der Waals surface area contributed by atoms with Crippen LogP contribution in [0, 0.1) is 24.2 Å². The van der Waals surface area contributed by atoms with Gasteiger partial charge in [-0.2, -0.15) is 0 Å². The van der Waals surface area contributed by atoms with Crippen molar-refractivity contribution in [3.8, 4) is 29.9 Å². The van der Waals surface area contributed by atoms with Crippen LogP contribution in [0.2, 0.25) is 0 Å². The second-order valence-electron chi connectivity index (χ2n) is 9.74. The summed E-state index contributed by atoms with van der Waals surface area (Å²) >= 11 is 0. The highest BCUT2D eigenvalue weighted by Crippen LogP contribution is 2.32. The van der Waals surface area contributed by atoms with Gasteiger partial charge in [-0.3, -0.25) is 0 Å². The summed E-state index contributed by atoms with van der Waals surface area (Å²) in [7, 11) is 0. The summed E-state index contributed by atoms with van der Waals surface area (Å²) in [6.07, 6.45) is 14.7. The maximum Gasteiger partial charge on any atom is 0.0541 e. The summed E-state index contributed by atoms with van der Waals surface area (Å²) in [5, 5.41) is 2.43. The fourth-order valence-electron chi connectivity index (χ4n) is 5.04. The van der Waals surface area contributed by atoms with Crippen LogP contribution in [0.25, 0.3) is 27.5 Å². The zero-order valence-electron chi connectivity index (χ0n) is 21.6. The van der Waals surface area contributed by atoms with Crippen LogP contribution in [-0.4, -0.2) is 4.57 Å². The Hall–Kier alpha value is -4.20. The van der Waals surface area contributed by atoms with Gasteiger partial charge in [0.2, 0.25) is 0 Å². The number of nitrogens with zero attached hydrogens (tertiary/aromatic N) is 1. The number of para-hydroxylation sites is 1. The highest BCUT2D eigenvalue weighted by atomic mass is 15.0. The smallest absolute Gasteiger partial charge is 0.0541 e. The van der Waals surface area contributed by atoms with Gasteiger partial charge in [-0.1, -0.05) is 87.1 Å². The summed E-state index contributed by atoms with van der Waals surface area (Å²) < 4.78 is 2.30. The summed E-state index contributed by atoms with van der Waals surface area (Å²) in [6, 6.07) is 32.0. The number of benzene rings is 4. The van der Waals surface area contributed by atoms with Crippen LogP contribution in [0.4, 0.5) is 0 Å². The molecule has 4 aromatic carbocycles. The molecule has 5 aromatic rings. The van der Waals surface area contributed by atoms with Crippen LogP contribution < -0.4 is 0 Å². The van der Waals surface area contributed by atoms with E-state index in [0.29, 0.717) is 0 Å². The monoisotopic (exact) mass is 479 g/mol. The van der Waals surface area contributed by atoms with Crippen LogP contribution in [0.5, 0.6) is 0 Å². The van der Waals surface area contributed by atoms with Crippen molar-refractivity contribution in [2.24, 2.45) is 0 Å². The molecule has 0 unspecified atom stereocenters. The van der Waals surface area contributed by atoms with Crippen molar-refractivity contribution >= 4 is 21.8 Å². The largest absolute Gasteiger partial charge is 0.309 e. The molecule has 0 aliphatic carbocycles. The van der Waals surface area contributed by atoms with Crippen molar-refractivity contribution < 1.29 is 0 Å². The van der Waals surface area contributed by atoms with E-state index in [1.54, 1.807) is 0 Å². The average Bonchev–Trinajstić information content (AvgIpc) is 3.28. The van der Waals surface area contributed by atoms with E-state index in [4.69, 9.17) is 6.42 Å². The number of fused-ring (bicyclic) bond motifs is 3. The van der Waals surface area contributed by atoms with E-state index in [2.05, 4.69) is 108 Å². The molecule has 1 aromatic heterocycles. The van der Waals surface area contributed by atoms with E-state index >= 15 is 0 Å². The minimum Gasteiger partial charge on any atom is -0.309 e. The Balaban J connectivity index is 1.37. The molecule has 0 aliphatic heterocycles. The van der Waals surface area contributed by atoms with E-state index in [1.165, 1.54) is 65.9 Å². The summed E-state index contributed by atoms with van der Waals surface area (Å²) in [5.41, 5.74) is 7.82. The number of unbranched alkanes of at least 4 members (excludes halogenated alkanes) is 5. The third-order valence-electron chi connectivity index (χ3n) is 7.09. The highest BCUT2D eigenvalue weighted by Gasteiger charge is 2.12. The quantitative estimate of drug-likeness (QED) is 0.154. The van der Waals surface area contributed by atoms with Crippen LogP contribution in [0.3, 0.4) is 0 Å². The molecule has 1 heterocycles. The van der Waals surface area contributed by atoms with Gasteiger partial charge in [-0.25, -0.2) is 0 Å². The van der Waals surface area contributed by atoms with Gasteiger partial charge >= 0.3 is 0 Å². The van der Waals surface area contributed by atoms with E-state index in [0.717, 1.165) is 28.8 Å². The molecule has 37 heavy (non-hydrogen) atoms. The van der Waals surface area contributed by atoms with Crippen molar-refractivity contribution in [3.63, 3.8) is 0 Å². The standard InChI is InChI=1S/C36H33N/c1-3-5-6-7-8-9-12-29-15-17-30(18-16-29)19-20-31-23-26-36-34(27-31)33-13-10-11-14-35(33)37(36)32-24-21-28(4-2)22-25-32/h2,10-11,13-18,21-27H,3,5-9,12H2,1H3. The van der Waals surface area contributed by atoms with Crippen LogP contribution in [0.1, 0.15) is 67.7 Å². The maximum absolute atomic E-state index is 5.56. The first kappa shape index (κ1) is 24.5. The lowest BCUT2D eigenvalue weighted by Crippen LogP contribution is -1.93. The predicted molar refractivity (Wildman–Crippen MR) is 158 cm³/mol. The second-order valence-corrected chi connectivity index (χ2v) is 9.74. The average molecular weight is 480 g/mol. The van der Waals surface area contributed by atoms with Crippen molar-refractivity contribution in [1.82, 2.24) is 4.57 Å². The van der Waals surface area contributed by atoms with Gasteiger partial charge < -0.3 is 4.57 Å². The molecule has 1 nitrogen and oxygen atoms in total. The first-order valence-electron chi connectivity index (χ1n) is 13.5. The summed E-state index contributed by atoms with van der Waals surface area (Å²) in [5.74, 6) is 9.46. The third-order valence-corrected chi connectivity index (χ3v) is 7.09. The topological polar surface area (TPSA) is 4.93 Å². The highest BCUT2D eigenvalue weighted by molar-refractivity contribution is 6.09. The van der Waals surface area contributed by atoms with Gasteiger partial charge in [0.25, 0.3) is 0 Å². The van der Waals surface area contributed by atoms with E-state index in [9.17, 15) is 0 Å². The van der Waals surface area contributed by atoms with E-state index < -0.39 is 0 Å². The Labute approximate surface area is 221 Å². The molecule has 182 valence electrons. The van der Waals surface area contributed by atoms with Gasteiger partial charge in [0, 0.05) is 33.2 Å². The van der Waals surface area contributed by atoms with Crippen LogP contribution in [-0.2, 0) is 6.42 Å². The molecular formula is C36H33N. The lowest BCUT2D eigenvalue weighted by Gasteiger charge is -2.08. The third kappa shape index (κ3) is 5.63. The molecule has 0 spiro atoms. The molecule has 0 saturated heterocycles. The Morgan fingerprint density at radius 3 is 2.05 bits per heavy atom. The van der Waals surface area contributed by atoms with Gasteiger partial charge in [-0.05, 0) is 79.1 Å². The fourth-order valence-corrected chi connectivity index (χ4v) is 5.04. The normalized spacial score (nSPS) is 10.8. The molecule has 0 saturated carbocycles. The van der Waals surface area contributed by atoms with Gasteiger partial charge in [-0.15, -0.1) is 6.42 Å². The Bertz CT molecular complexity index is 1600. The molecule has 0 bridgehead atoms. The summed E-state index contributed by atoms with van der Waals surface area (Å²) in [6.45, 7) is 2.27. The molecule has 0 aliphatic rings. The van der Waals surface area contributed by atoms with Crippen molar-refractivity contribution in [1.29, 1.82) is 0 Å². The lowest BCUT2D eigenvalue weighted by molar-refractivity contribution is 0.607. The van der Waals surface area contributed by atoms with Crippen molar-refractivity contribution in [3.05, 3.63) is 113 Å². The fraction of sp³-hybridized carbons (Fsp3) is 0.222. The zero-order chi connectivity index (χ0) is 25.5. The van der Waals surface area contributed by atoms with E-state index in [-0.39, 0.29) is 0 Å². The molecular weight excluding hydrogens is 446 g/mol. The maximum atomic E-state index is 5.56. The van der Waals surface area contributed by atoms with Crippen molar-refractivity contribution in [2.45, 2.75) is 51.9 Å². The molecule has 5 rings (SSSR count). The van der Waals surface area contributed by atoms with Gasteiger partial charge in [0.05, 0.1) is 11.0 Å². The Kier molecular flexibility index (Phi) is 7.74. The van der Waals surface area contributed by atoms with Crippen LogP contribution in [0.15, 0.2) is 91.0 Å². The first-order valence-corrected chi connectivity index (χ1v) is 13.5. The molecule has 0 amide bonds. The zero-order valence-corrected chi connectivity index (χ0v) is 21.6. The lowest BCUT2D eigenvalue weighted by atomic mass is 10.0. The number of rotatable bonds is 8. The molecule has 0 fully saturated rings. The van der Waals surface area contributed by atoms with Gasteiger partial charge in [0.1, 0.15) is 0 Å². The number of terminal acetylenes is 1. The first-order chi connectivity index (χ1) is 18.3. The minimum atomic E-state index is 0.887.